The van der Waals surface area contributed by atoms with E-state index in [1.54, 1.807) is 12.1 Å². The second-order valence-electron chi connectivity index (χ2n) is 8.34. The third-order valence-electron chi connectivity index (χ3n) is 6.35. The van der Waals surface area contributed by atoms with Gasteiger partial charge in [0.15, 0.2) is 5.65 Å². The molecule has 2 atom stereocenters. The topological polar surface area (TPSA) is 54.2 Å². The van der Waals surface area contributed by atoms with Gasteiger partial charge in [-0.15, -0.1) is 0 Å². The van der Waals surface area contributed by atoms with Crippen LogP contribution in [0.3, 0.4) is 0 Å². The Labute approximate surface area is 174 Å². The van der Waals surface area contributed by atoms with Crippen LogP contribution >= 0.6 is 11.6 Å². The van der Waals surface area contributed by atoms with Gasteiger partial charge in [-0.3, -0.25) is 4.90 Å². The quantitative estimate of drug-likeness (QED) is 0.696. The molecule has 29 heavy (non-hydrogen) atoms. The molecule has 5 nitrogen and oxygen atoms in total. The molecule has 1 N–H and O–H groups in total. The first-order valence-electron chi connectivity index (χ1n) is 10.1. The molecule has 1 aromatic carbocycles. The summed E-state index contributed by atoms with van der Waals surface area (Å²) in [5, 5.41) is 12.0. The summed E-state index contributed by atoms with van der Waals surface area (Å²) in [5.74, 6) is 0. The van der Waals surface area contributed by atoms with Crippen LogP contribution in [-0.4, -0.2) is 37.6 Å². The Kier molecular flexibility index (Phi) is 4.61. The zero-order valence-electron chi connectivity index (χ0n) is 16.4. The van der Waals surface area contributed by atoms with Crippen molar-refractivity contribution in [2.45, 2.75) is 51.0 Å². The lowest BCUT2D eigenvalue weighted by molar-refractivity contribution is 0.0382. The van der Waals surface area contributed by atoms with Gasteiger partial charge in [-0.1, -0.05) is 23.7 Å². The molecule has 0 saturated carbocycles. The summed E-state index contributed by atoms with van der Waals surface area (Å²) in [6, 6.07) is 7.60. The van der Waals surface area contributed by atoms with Crippen LogP contribution < -0.4 is 0 Å². The zero-order chi connectivity index (χ0) is 20.2. The first-order valence-corrected chi connectivity index (χ1v) is 10.5. The van der Waals surface area contributed by atoms with Crippen molar-refractivity contribution in [2.75, 3.05) is 13.1 Å². The predicted molar refractivity (Wildman–Crippen MR) is 111 cm³/mol. The van der Waals surface area contributed by atoms with Crippen LogP contribution in [0.15, 0.2) is 30.5 Å². The fourth-order valence-corrected chi connectivity index (χ4v) is 5.07. The van der Waals surface area contributed by atoms with E-state index in [-0.39, 0.29) is 0 Å². The van der Waals surface area contributed by atoms with Crippen LogP contribution in [0.5, 0.6) is 0 Å². The molecule has 2 unspecified atom stereocenters. The summed E-state index contributed by atoms with van der Waals surface area (Å²) < 4.78 is 15.4. The number of fused-ring (bicyclic) bond motifs is 5. The van der Waals surface area contributed by atoms with E-state index in [4.69, 9.17) is 11.6 Å². The van der Waals surface area contributed by atoms with Crippen LogP contribution in [-0.2, 0) is 25.2 Å². The number of alkyl halides is 1. The van der Waals surface area contributed by atoms with E-state index in [9.17, 15) is 9.50 Å². The Balaban J connectivity index is 1.65. The SMILES string of the molecule is CC(O)(Cn1c2c(c3nc(CF)cnc31)C1CCCN1CC2)c1ccc(Cl)cc1. The van der Waals surface area contributed by atoms with Gasteiger partial charge in [0.05, 0.1) is 18.4 Å². The lowest BCUT2D eigenvalue weighted by Crippen LogP contribution is -2.33. The third-order valence-corrected chi connectivity index (χ3v) is 6.60. The molecule has 3 aromatic rings. The summed E-state index contributed by atoms with van der Waals surface area (Å²) in [5.41, 5.74) is 3.93. The van der Waals surface area contributed by atoms with Crippen LogP contribution in [0.2, 0.25) is 5.02 Å². The molecule has 7 heteroatoms. The molecule has 4 heterocycles. The fourth-order valence-electron chi connectivity index (χ4n) is 4.94. The standard InChI is InChI=1S/C22H24ClFN4O/c1-22(29,14-4-6-15(23)7-5-14)13-28-18-8-10-27-9-2-3-17(27)19(18)20-21(28)25-12-16(11-24)26-20/h4-7,12,17,29H,2-3,8-11,13H2,1H3. The van der Waals surface area contributed by atoms with Gasteiger partial charge in [0.25, 0.3) is 0 Å². The van der Waals surface area contributed by atoms with Crippen molar-refractivity contribution in [3.8, 4) is 0 Å². The molecule has 0 aliphatic carbocycles. The average Bonchev–Trinajstić information content (AvgIpc) is 3.30. The van der Waals surface area contributed by atoms with E-state index in [2.05, 4.69) is 19.4 Å². The van der Waals surface area contributed by atoms with Crippen molar-refractivity contribution in [3.05, 3.63) is 58.0 Å². The van der Waals surface area contributed by atoms with Crippen molar-refractivity contribution < 1.29 is 9.50 Å². The Morgan fingerprint density at radius 2 is 2.07 bits per heavy atom. The van der Waals surface area contributed by atoms with Crippen molar-refractivity contribution in [1.82, 2.24) is 19.4 Å². The van der Waals surface area contributed by atoms with Crippen LogP contribution in [0.25, 0.3) is 11.2 Å². The molecular formula is C22H24ClFN4O. The third kappa shape index (κ3) is 3.14. The first kappa shape index (κ1) is 19.0. The largest absolute Gasteiger partial charge is 0.384 e. The van der Waals surface area contributed by atoms with E-state index < -0.39 is 12.3 Å². The van der Waals surface area contributed by atoms with Crippen molar-refractivity contribution in [2.24, 2.45) is 0 Å². The minimum Gasteiger partial charge on any atom is -0.384 e. The normalized spacial score (nSPS) is 21.2. The molecule has 152 valence electrons. The predicted octanol–water partition coefficient (Wildman–Crippen LogP) is 4.15. The van der Waals surface area contributed by atoms with E-state index in [0.29, 0.717) is 23.3 Å². The van der Waals surface area contributed by atoms with Gasteiger partial charge in [-0.25, -0.2) is 14.4 Å². The van der Waals surface area contributed by atoms with Gasteiger partial charge in [0, 0.05) is 35.3 Å². The summed E-state index contributed by atoms with van der Waals surface area (Å²) in [7, 11) is 0. The number of nitrogens with zero attached hydrogens (tertiary/aromatic N) is 4. The van der Waals surface area contributed by atoms with Crippen LogP contribution in [0.4, 0.5) is 4.39 Å². The Morgan fingerprint density at radius 3 is 2.83 bits per heavy atom. The molecule has 2 aliphatic rings. The molecule has 1 saturated heterocycles. The smallest absolute Gasteiger partial charge is 0.159 e. The average molecular weight is 415 g/mol. The maximum atomic E-state index is 13.3. The number of rotatable bonds is 4. The lowest BCUT2D eigenvalue weighted by Gasteiger charge is -2.32. The maximum Gasteiger partial charge on any atom is 0.159 e. The fraction of sp³-hybridized carbons (Fsp3) is 0.455. The van der Waals surface area contributed by atoms with Crippen molar-refractivity contribution in [1.29, 1.82) is 0 Å². The van der Waals surface area contributed by atoms with Gasteiger partial charge >= 0.3 is 0 Å². The van der Waals surface area contributed by atoms with Crippen LogP contribution in [0.1, 0.15) is 48.3 Å². The molecule has 2 aliphatic heterocycles. The monoisotopic (exact) mass is 414 g/mol. The van der Waals surface area contributed by atoms with E-state index >= 15 is 0 Å². The van der Waals surface area contributed by atoms with Crippen molar-refractivity contribution in [3.63, 3.8) is 0 Å². The number of aliphatic hydroxyl groups is 1. The lowest BCUT2D eigenvalue weighted by atomic mass is 9.95. The molecule has 0 spiro atoms. The second-order valence-corrected chi connectivity index (χ2v) is 8.77. The van der Waals surface area contributed by atoms with Crippen LogP contribution in [0, 0.1) is 0 Å². The van der Waals surface area contributed by atoms with Gasteiger partial charge in [-0.2, -0.15) is 0 Å². The molecule has 1 fully saturated rings. The summed E-state index contributed by atoms with van der Waals surface area (Å²) in [6.45, 7) is 3.63. The highest BCUT2D eigenvalue weighted by Crippen LogP contribution is 2.42. The molecule has 0 bridgehead atoms. The van der Waals surface area contributed by atoms with Crippen molar-refractivity contribution >= 4 is 22.8 Å². The Hall–Kier alpha value is -2.02. The number of hydrogen-bond donors (Lipinski definition) is 1. The summed E-state index contributed by atoms with van der Waals surface area (Å²) in [6.07, 6.45) is 4.63. The number of hydrogen-bond acceptors (Lipinski definition) is 4. The molecular weight excluding hydrogens is 391 g/mol. The maximum absolute atomic E-state index is 13.3. The highest BCUT2D eigenvalue weighted by Gasteiger charge is 2.38. The van der Waals surface area contributed by atoms with Gasteiger partial charge < -0.3 is 9.67 Å². The Bertz CT molecular complexity index is 1060. The number of aromatic nitrogens is 3. The Morgan fingerprint density at radius 1 is 1.28 bits per heavy atom. The van der Waals surface area contributed by atoms with Gasteiger partial charge in [0.1, 0.15) is 17.8 Å². The van der Waals surface area contributed by atoms with Gasteiger partial charge in [0.2, 0.25) is 0 Å². The van der Waals surface area contributed by atoms with E-state index in [0.717, 1.165) is 49.1 Å². The molecule has 0 radical (unpaired) electrons. The first-order chi connectivity index (χ1) is 14.0. The number of benzene rings is 1. The molecule has 0 amide bonds. The van der Waals surface area contributed by atoms with E-state index in [1.807, 2.05) is 19.1 Å². The summed E-state index contributed by atoms with van der Waals surface area (Å²) in [4.78, 5) is 11.7. The number of halogens is 2. The summed E-state index contributed by atoms with van der Waals surface area (Å²) >= 11 is 6.02. The molecule has 5 rings (SSSR count). The minimum atomic E-state index is -1.10. The van der Waals surface area contributed by atoms with Gasteiger partial charge in [-0.05, 0) is 44.0 Å². The molecule has 2 aromatic heterocycles. The highest BCUT2D eigenvalue weighted by atomic mass is 35.5. The van der Waals surface area contributed by atoms with E-state index in [1.165, 1.54) is 17.5 Å². The zero-order valence-corrected chi connectivity index (χ0v) is 17.2. The minimum absolute atomic E-state index is 0.312. The second kappa shape index (κ2) is 7.04. The highest BCUT2D eigenvalue weighted by molar-refractivity contribution is 6.30.